The van der Waals surface area contributed by atoms with Crippen LogP contribution in [0.5, 0.6) is 0 Å². The van der Waals surface area contributed by atoms with Gasteiger partial charge in [-0.25, -0.2) is 4.98 Å². The van der Waals surface area contributed by atoms with Crippen LogP contribution >= 0.6 is 11.6 Å². The number of aromatic nitrogens is 3. The number of pyridine rings is 1. The Morgan fingerprint density at radius 1 is 1.09 bits per heavy atom. The Bertz CT molecular complexity index is 2190. The molecule has 0 amide bonds. The summed E-state index contributed by atoms with van der Waals surface area (Å²) in [7, 11) is 5.53. The number of piperidine rings is 1. The highest BCUT2D eigenvalue weighted by Gasteiger charge is 2.32. The lowest BCUT2D eigenvalue weighted by molar-refractivity contribution is -0.111. The van der Waals surface area contributed by atoms with Gasteiger partial charge in [-0.1, -0.05) is 66.2 Å². The van der Waals surface area contributed by atoms with Gasteiger partial charge in [-0.15, -0.1) is 0 Å². The first-order chi connectivity index (χ1) is 27.0. The maximum atomic E-state index is 12.8. The maximum absolute atomic E-state index is 12.8. The van der Waals surface area contributed by atoms with Crippen LogP contribution in [0.2, 0.25) is 5.02 Å². The monoisotopic (exact) mass is 776 g/mol. The zero-order valence-corrected chi connectivity index (χ0v) is 32.8. The Kier molecular flexibility index (Phi) is 16.6. The predicted octanol–water partition coefficient (Wildman–Crippen LogP) is 5.37. The lowest BCUT2D eigenvalue weighted by Crippen LogP contribution is -2.47. The van der Waals surface area contributed by atoms with Gasteiger partial charge in [0.1, 0.15) is 24.0 Å². The average molecular weight is 777 g/mol. The Morgan fingerprint density at radius 3 is 2.50 bits per heavy atom. The molecular weight excluding hydrogens is 728 g/mol. The number of nitrogens with two attached hydrogens (primary N) is 1. The molecule has 6 rings (SSSR count). The molecule has 0 radical (unpaired) electrons. The zero-order valence-electron chi connectivity index (χ0n) is 32.1. The van der Waals surface area contributed by atoms with Crippen molar-refractivity contribution in [2.75, 3.05) is 46.5 Å². The predicted molar refractivity (Wildman–Crippen MR) is 222 cm³/mol. The van der Waals surface area contributed by atoms with Crippen LogP contribution in [-0.2, 0) is 17.8 Å². The van der Waals surface area contributed by atoms with Gasteiger partial charge in [-0.2, -0.15) is 5.26 Å². The van der Waals surface area contributed by atoms with Crippen molar-refractivity contribution in [3.8, 4) is 6.07 Å². The molecule has 0 saturated carbocycles. The number of anilines is 1. The quantitative estimate of drug-likeness (QED) is 0.0848. The second-order valence-electron chi connectivity index (χ2n) is 13.8. The van der Waals surface area contributed by atoms with Gasteiger partial charge in [-0.05, 0) is 82.6 Å². The molecule has 12 nitrogen and oxygen atoms in total. The van der Waals surface area contributed by atoms with Gasteiger partial charge in [0.2, 0.25) is 0 Å². The molecule has 56 heavy (non-hydrogen) atoms. The highest BCUT2D eigenvalue weighted by atomic mass is 35.5. The van der Waals surface area contributed by atoms with Crippen LogP contribution in [-0.4, -0.2) is 89.2 Å². The van der Waals surface area contributed by atoms with Gasteiger partial charge in [0.15, 0.2) is 0 Å². The van der Waals surface area contributed by atoms with E-state index in [4.69, 9.17) is 22.6 Å². The fourth-order valence-electron chi connectivity index (χ4n) is 6.30. The van der Waals surface area contributed by atoms with E-state index in [1.54, 1.807) is 61.8 Å². The Balaban J connectivity index is 0.000000208. The number of aliphatic imine (C=N–C) groups is 1. The minimum absolute atomic E-state index is 0.0259. The molecule has 1 aliphatic rings. The minimum atomic E-state index is -0.950. The topological polar surface area (TPSA) is 180 Å². The molecule has 4 N–H and O–H groups in total. The molecule has 1 unspecified atom stereocenters. The van der Waals surface area contributed by atoms with Crippen molar-refractivity contribution in [2.45, 2.75) is 44.2 Å². The molecule has 1 aliphatic heterocycles. The van der Waals surface area contributed by atoms with Crippen molar-refractivity contribution in [1.29, 1.82) is 5.26 Å². The maximum Gasteiger partial charge on any atom is 0.277 e. The number of benzene rings is 3. The lowest BCUT2D eigenvalue weighted by atomic mass is 9.91. The van der Waals surface area contributed by atoms with E-state index in [0.717, 1.165) is 62.4 Å². The average Bonchev–Trinajstić information content (AvgIpc) is 3.22. The van der Waals surface area contributed by atoms with E-state index in [2.05, 4.69) is 43.4 Å². The molecular formula is C43H49ClN8O4. The number of rotatable bonds is 12. The van der Waals surface area contributed by atoms with Crippen LogP contribution in [0.25, 0.3) is 10.9 Å². The van der Waals surface area contributed by atoms with Gasteiger partial charge in [0.25, 0.3) is 5.56 Å². The van der Waals surface area contributed by atoms with E-state index in [1.165, 1.54) is 16.5 Å². The third-order valence-corrected chi connectivity index (χ3v) is 9.88. The summed E-state index contributed by atoms with van der Waals surface area (Å²) in [6, 6.07) is 26.1. The lowest BCUT2D eigenvalue weighted by Gasteiger charge is -2.36. The van der Waals surface area contributed by atoms with Crippen LogP contribution < -0.4 is 16.6 Å². The van der Waals surface area contributed by atoms with Gasteiger partial charge in [0, 0.05) is 48.8 Å². The molecule has 5 aromatic rings. The van der Waals surface area contributed by atoms with Crippen LogP contribution in [0.1, 0.15) is 58.4 Å². The molecule has 2 aromatic heterocycles. The third-order valence-electron chi connectivity index (χ3n) is 9.55. The van der Waals surface area contributed by atoms with Crippen molar-refractivity contribution in [1.82, 2.24) is 24.8 Å². The number of carbonyl (C=O) groups is 2. The van der Waals surface area contributed by atoms with E-state index in [9.17, 15) is 19.5 Å². The first kappa shape index (κ1) is 43.2. The van der Waals surface area contributed by atoms with E-state index in [-0.39, 0.29) is 23.8 Å². The minimum Gasteiger partial charge on any atom is -0.392 e. The number of carbonyl (C=O) groups excluding carboxylic acids is 2. The van der Waals surface area contributed by atoms with Crippen molar-refractivity contribution in [3.05, 3.63) is 135 Å². The largest absolute Gasteiger partial charge is 0.392 e. The summed E-state index contributed by atoms with van der Waals surface area (Å²) in [5.74, 6) is 0.167. The second kappa shape index (κ2) is 21.5. The van der Waals surface area contributed by atoms with Crippen molar-refractivity contribution < 1.29 is 14.7 Å². The standard InChI is InChI=1S/C20H24N6O2.C13H19NO.C10H6ClNO/c1-23-17(15-5-3-4-14(10-15)11-21)18-16(22)19(27)26(13-24-18)12-20(28)6-8-25(2)9-7-20;1-14-9-5-8-13(11-15)10-12-6-3-2-4-7-12;11-9-3-4-12-10-5-7(6-13)1-2-8(9)10/h3-5,10,13,28H,6-9,12,22H2,1-2H3;2-4,6-7,11,13-14H,5,8-10H2,1H3;1-6H. The number of aldehydes is 2. The van der Waals surface area contributed by atoms with Crippen molar-refractivity contribution >= 4 is 46.5 Å². The first-order valence-corrected chi connectivity index (χ1v) is 18.8. The normalized spacial score (nSPS) is 14.3. The van der Waals surface area contributed by atoms with E-state index in [0.29, 0.717) is 40.3 Å². The number of nitrogen functional groups attached to an aromatic ring is 1. The summed E-state index contributed by atoms with van der Waals surface area (Å²) in [6.45, 7) is 2.68. The number of likely N-dealkylation sites (tertiary alicyclic amines) is 1. The van der Waals surface area contributed by atoms with Crippen molar-refractivity contribution in [3.63, 3.8) is 0 Å². The highest BCUT2D eigenvalue weighted by Crippen LogP contribution is 2.24. The number of nitriles is 1. The van der Waals surface area contributed by atoms with Gasteiger partial charge >= 0.3 is 0 Å². The Morgan fingerprint density at radius 2 is 1.84 bits per heavy atom. The van der Waals surface area contributed by atoms with E-state index < -0.39 is 11.2 Å². The van der Waals surface area contributed by atoms with Crippen LogP contribution in [0.15, 0.2) is 101 Å². The van der Waals surface area contributed by atoms with E-state index >= 15 is 0 Å². The molecule has 0 spiro atoms. The number of aliphatic hydroxyl groups is 1. The van der Waals surface area contributed by atoms with Gasteiger partial charge < -0.3 is 25.9 Å². The fourth-order valence-corrected chi connectivity index (χ4v) is 6.52. The Hall–Kier alpha value is -5.58. The molecule has 13 heteroatoms. The zero-order chi connectivity index (χ0) is 40.5. The summed E-state index contributed by atoms with van der Waals surface area (Å²) in [5.41, 5.74) is 9.19. The summed E-state index contributed by atoms with van der Waals surface area (Å²) in [6.07, 6.45) is 8.98. The highest BCUT2D eigenvalue weighted by molar-refractivity contribution is 6.35. The summed E-state index contributed by atoms with van der Waals surface area (Å²) in [4.78, 5) is 49.0. The van der Waals surface area contributed by atoms with Gasteiger partial charge in [0.05, 0.1) is 46.4 Å². The summed E-state index contributed by atoms with van der Waals surface area (Å²) >= 11 is 5.92. The number of hydrogen-bond acceptors (Lipinski definition) is 11. The van der Waals surface area contributed by atoms with Crippen LogP contribution in [0.4, 0.5) is 5.69 Å². The fraction of sp³-hybridized carbons (Fsp3) is 0.326. The first-order valence-electron chi connectivity index (χ1n) is 18.4. The van der Waals surface area contributed by atoms with E-state index in [1.807, 2.05) is 32.3 Å². The van der Waals surface area contributed by atoms with Crippen LogP contribution in [0, 0.1) is 17.2 Å². The van der Waals surface area contributed by atoms with Crippen LogP contribution in [0.3, 0.4) is 0 Å². The summed E-state index contributed by atoms with van der Waals surface area (Å²) < 4.78 is 1.36. The van der Waals surface area contributed by atoms with Crippen molar-refractivity contribution in [2.24, 2.45) is 10.9 Å². The summed E-state index contributed by atoms with van der Waals surface area (Å²) in [5, 5.41) is 24.5. The molecule has 3 aromatic carbocycles. The molecule has 1 saturated heterocycles. The molecule has 292 valence electrons. The number of halogens is 1. The molecule has 0 aliphatic carbocycles. The third kappa shape index (κ3) is 12.2. The molecule has 1 atom stereocenters. The number of hydrogen-bond donors (Lipinski definition) is 3. The molecule has 1 fully saturated rings. The number of nitrogens with one attached hydrogen (secondary N) is 1. The molecule has 0 bridgehead atoms. The smallest absolute Gasteiger partial charge is 0.277 e. The Labute approximate surface area is 332 Å². The number of fused-ring (bicyclic) bond motifs is 1. The number of nitrogens with zero attached hydrogens (tertiary/aromatic N) is 6. The van der Waals surface area contributed by atoms with Gasteiger partial charge in [-0.3, -0.25) is 24.1 Å². The second-order valence-corrected chi connectivity index (χ2v) is 14.2. The SMILES string of the molecule is CN=C(c1cccc(C#N)c1)c1ncn(CC2(O)CCN(C)CC2)c(=O)c1N.CNCCCC(C=O)Cc1ccccc1.O=Cc1ccc2c(Cl)ccnc2c1. The molecule has 3 heterocycles.